The number of hydrogen-bond acceptors (Lipinski definition) is 4. The second kappa shape index (κ2) is 11.6. The summed E-state index contributed by atoms with van der Waals surface area (Å²) in [6, 6.07) is 13.9. The second-order valence-corrected chi connectivity index (χ2v) is 8.52. The first-order valence-corrected chi connectivity index (χ1v) is 11.4. The quantitative estimate of drug-likeness (QED) is 0.602. The van der Waals surface area contributed by atoms with Gasteiger partial charge >= 0.3 is 0 Å². The van der Waals surface area contributed by atoms with Gasteiger partial charge in [-0.15, -0.1) is 0 Å². The molecule has 0 bridgehead atoms. The predicted octanol–water partition coefficient (Wildman–Crippen LogP) is 3.96. The van der Waals surface area contributed by atoms with Crippen molar-refractivity contribution in [3.63, 3.8) is 0 Å². The van der Waals surface area contributed by atoms with Crippen molar-refractivity contribution in [3.8, 4) is 11.5 Å². The van der Waals surface area contributed by atoms with Crippen LogP contribution in [-0.4, -0.2) is 49.1 Å². The van der Waals surface area contributed by atoms with E-state index in [-0.39, 0.29) is 24.5 Å². The van der Waals surface area contributed by atoms with E-state index >= 15 is 0 Å². The fourth-order valence-electron chi connectivity index (χ4n) is 3.67. The average molecular weight is 439 g/mol. The van der Waals surface area contributed by atoms with E-state index in [9.17, 15) is 9.59 Å². The van der Waals surface area contributed by atoms with Crippen molar-refractivity contribution in [1.82, 2.24) is 10.2 Å². The second-order valence-electron chi connectivity index (χ2n) is 8.52. The van der Waals surface area contributed by atoms with Crippen molar-refractivity contribution in [2.45, 2.75) is 52.5 Å². The lowest BCUT2D eigenvalue weighted by Crippen LogP contribution is -2.47. The van der Waals surface area contributed by atoms with Gasteiger partial charge in [0.2, 0.25) is 5.91 Å². The van der Waals surface area contributed by atoms with E-state index in [2.05, 4.69) is 5.32 Å². The Morgan fingerprint density at radius 3 is 2.31 bits per heavy atom. The SMILES string of the molecule is Cc1ccc(OCCCC(=O)NC2CCN(C(=O)COc3ccc(C)c(C)c3)CC2)cc1. The van der Waals surface area contributed by atoms with Crippen LogP contribution >= 0.6 is 0 Å². The van der Waals surface area contributed by atoms with Crippen molar-refractivity contribution in [2.24, 2.45) is 0 Å². The number of aryl methyl sites for hydroxylation is 3. The summed E-state index contributed by atoms with van der Waals surface area (Å²) in [5, 5.41) is 3.09. The average Bonchev–Trinajstić information content (AvgIpc) is 2.79. The van der Waals surface area contributed by atoms with Crippen molar-refractivity contribution in [2.75, 3.05) is 26.3 Å². The van der Waals surface area contributed by atoms with E-state index in [1.54, 1.807) is 0 Å². The number of ether oxygens (including phenoxy) is 2. The normalized spacial score (nSPS) is 14.2. The molecule has 2 aromatic carbocycles. The number of benzene rings is 2. The summed E-state index contributed by atoms with van der Waals surface area (Å²) < 4.78 is 11.3. The van der Waals surface area contributed by atoms with Gasteiger partial charge < -0.3 is 19.7 Å². The van der Waals surface area contributed by atoms with E-state index < -0.39 is 0 Å². The molecule has 32 heavy (non-hydrogen) atoms. The summed E-state index contributed by atoms with van der Waals surface area (Å²) in [6.45, 7) is 7.94. The van der Waals surface area contributed by atoms with E-state index in [1.165, 1.54) is 11.1 Å². The first kappa shape index (κ1) is 23.6. The maximum atomic E-state index is 12.5. The van der Waals surface area contributed by atoms with Crippen molar-refractivity contribution in [1.29, 1.82) is 0 Å². The van der Waals surface area contributed by atoms with Crippen LogP contribution < -0.4 is 14.8 Å². The Balaban J connectivity index is 1.29. The molecule has 0 aromatic heterocycles. The summed E-state index contributed by atoms with van der Waals surface area (Å²) in [6.07, 6.45) is 2.64. The Morgan fingerprint density at radius 1 is 0.938 bits per heavy atom. The third kappa shape index (κ3) is 7.29. The van der Waals surface area contributed by atoms with Crippen molar-refractivity contribution < 1.29 is 19.1 Å². The van der Waals surface area contributed by atoms with E-state index in [0.29, 0.717) is 32.5 Å². The molecule has 0 atom stereocenters. The maximum Gasteiger partial charge on any atom is 0.260 e. The fourth-order valence-corrected chi connectivity index (χ4v) is 3.67. The summed E-state index contributed by atoms with van der Waals surface area (Å²) in [5.74, 6) is 1.58. The first-order chi connectivity index (χ1) is 15.4. The zero-order valence-corrected chi connectivity index (χ0v) is 19.4. The number of likely N-dealkylation sites (tertiary alicyclic amines) is 1. The highest BCUT2D eigenvalue weighted by atomic mass is 16.5. The van der Waals surface area contributed by atoms with Crippen LogP contribution in [-0.2, 0) is 9.59 Å². The number of carbonyl (C=O) groups excluding carboxylic acids is 2. The smallest absolute Gasteiger partial charge is 0.260 e. The minimum Gasteiger partial charge on any atom is -0.494 e. The molecular formula is C26H34N2O4. The standard InChI is InChI=1S/C26H34N2O4/c1-19-6-9-23(10-7-19)31-16-4-5-25(29)27-22-12-14-28(15-13-22)26(30)18-32-24-11-8-20(2)21(3)17-24/h6-11,17,22H,4-5,12-16,18H2,1-3H3,(H,27,29). The van der Waals surface area contributed by atoms with Crippen LogP contribution in [0, 0.1) is 20.8 Å². The van der Waals surface area contributed by atoms with E-state index in [4.69, 9.17) is 9.47 Å². The number of carbonyl (C=O) groups is 2. The number of hydrogen-bond donors (Lipinski definition) is 1. The van der Waals surface area contributed by atoms with Gasteiger partial charge in [-0.2, -0.15) is 0 Å². The molecule has 6 heteroatoms. The molecule has 0 unspecified atom stereocenters. The molecule has 2 amide bonds. The zero-order chi connectivity index (χ0) is 22.9. The van der Waals surface area contributed by atoms with Gasteiger partial charge in [0.15, 0.2) is 6.61 Å². The summed E-state index contributed by atoms with van der Waals surface area (Å²) in [7, 11) is 0. The third-order valence-corrected chi connectivity index (χ3v) is 5.89. The van der Waals surface area contributed by atoms with Crippen molar-refractivity contribution >= 4 is 11.8 Å². The van der Waals surface area contributed by atoms with Gasteiger partial charge in [0.25, 0.3) is 5.91 Å². The molecule has 0 radical (unpaired) electrons. The largest absolute Gasteiger partial charge is 0.494 e. The molecule has 3 rings (SSSR count). The van der Waals surface area contributed by atoms with Gasteiger partial charge in [-0.1, -0.05) is 23.8 Å². The van der Waals surface area contributed by atoms with Crippen LogP contribution in [0.25, 0.3) is 0 Å². The van der Waals surface area contributed by atoms with E-state index in [1.807, 2.05) is 68.1 Å². The number of piperidine rings is 1. The Morgan fingerprint density at radius 2 is 1.62 bits per heavy atom. The fraction of sp³-hybridized carbons (Fsp3) is 0.462. The number of amides is 2. The molecule has 1 fully saturated rings. The monoisotopic (exact) mass is 438 g/mol. The van der Waals surface area contributed by atoms with Gasteiger partial charge in [0, 0.05) is 25.6 Å². The molecular weight excluding hydrogens is 404 g/mol. The topological polar surface area (TPSA) is 67.9 Å². The first-order valence-electron chi connectivity index (χ1n) is 11.4. The van der Waals surface area contributed by atoms with Gasteiger partial charge in [-0.25, -0.2) is 0 Å². The summed E-state index contributed by atoms with van der Waals surface area (Å²) in [4.78, 5) is 26.5. The lowest BCUT2D eigenvalue weighted by molar-refractivity contribution is -0.134. The molecule has 6 nitrogen and oxygen atoms in total. The molecule has 1 heterocycles. The highest BCUT2D eigenvalue weighted by Gasteiger charge is 2.24. The number of nitrogens with one attached hydrogen (secondary N) is 1. The van der Waals surface area contributed by atoms with Crippen LogP contribution in [0.15, 0.2) is 42.5 Å². The number of nitrogens with zero attached hydrogens (tertiary/aromatic N) is 1. The Labute approximate surface area is 190 Å². The predicted molar refractivity (Wildman–Crippen MR) is 125 cm³/mol. The molecule has 0 aliphatic carbocycles. The molecule has 1 saturated heterocycles. The van der Waals surface area contributed by atoms with Gasteiger partial charge in [-0.05, 0) is 75.4 Å². The van der Waals surface area contributed by atoms with Crippen molar-refractivity contribution in [3.05, 3.63) is 59.2 Å². The minimum absolute atomic E-state index is 0.0127. The van der Waals surface area contributed by atoms with Gasteiger partial charge in [0.05, 0.1) is 6.61 Å². The van der Waals surface area contributed by atoms with Crippen LogP contribution in [0.1, 0.15) is 42.4 Å². The molecule has 172 valence electrons. The molecule has 1 N–H and O–H groups in total. The van der Waals surface area contributed by atoms with Crippen LogP contribution in [0.2, 0.25) is 0 Å². The lowest BCUT2D eigenvalue weighted by atomic mass is 10.0. The van der Waals surface area contributed by atoms with Gasteiger partial charge in [-0.3, -0.25) is 9.59 Å². The highest BCUT2D eigenvalue weighted by Crippen LogP contribution is 2.17. The molecule has 2 aromatic rings. The number of rotatable bonds is 9. The van der Waals surface area contributed by atoms with Crippen LogP contribution in [0.5, 0.6) is 11.5 Å². The molecule has 0 saturated carbocycles. The van der Waals surface area contributed by atoms with Crippen LogP contribution in [0.3, 0.4) is 0 Å². The summed E-state index contributed by atoms with van der Waals surface area (Å²) >= 11 is 0. The third-order valence-electron chi connectivity index (χ3n) is 5.89. The highest BCUT2D eigenvalue weighted by molar-refractivity contribution is 5.78. The minimum atomic E-state index is -0.0127. The maximum absolute atomic E-state index is 12.5. The Bertz CT molecular complexity index is 903. The molecule has 1 aliphatic heterocycles. The zero-order valence-electron chi connectivity index (χ0n) is 19.4. The molecule has 1 aliphatic rings. The van der Waals surface area contributed by atoms with E-state index in [0.717, 1.165) is 29.9 Å². The Kier molecular flexibility index (Phi) is 8.54. The lowest BCUT2D eigenvalue weighted by Gasteiger charge is -2.32. The van der Waals surface area contributed by atoms with Gasteiger partial charge in [0.1, 0.15) is 11.5 Å². The summed E-state index contributed by atoms with van der Waals surface area (Å²) in [5.41, 5.74) is 3.54. The molecule has 0 spiro atoms. The van der Waals surface area contributed by atoms with Crippen LogP contribution in [0.4, 0.5) is 0 Å². The Hall–Kier alpha value is -3.02.